The van der Waals surface area contributed by atoms with Crippen LogP contribution in [0.25, 0.3) is 0 Å². The van der Waals surface area contributed by atoms with E-state index >= 15 is 0 Å². The second-order valence-electron chi connectivity index (χ2n) is 4.51. The molecule has 2 N–H and O–H groups in total. The SMILES string of the molecule is O=C(O)C1CCCCC1NS(=O)(=O)c1sccc1Br. The molecular formula is C11H14BrNO4S2. The number of rotatable bonds is 4. The lowest BCUT2D eigenvalue weighted by atomic mass is 9.85. The highest BCUT2D eigenvalue weighted by Crippen LogP contribution is 2.30. The minimum absolute atomic E-state index is 0.196. The Labute approximate surface area is 124 Å². The Kier molecular flexibility index (Phi) is 4.65. The number of carbonyl (C=O) groups is 1. The lowest BCUT2D eigenvalue weighted by Gasteiger charge is -2.28. The number of hydrogen-bond donors (Lipinski definition) is 2. The molecule has 2 rings (SSSR count). The summed E-state index contributed by atoms with van der Waals surface area (Å²) in [5.41, 5.74) is 0. The topological polar surface area (TPSA) is 83.5 Å². The highest BCUT2D eigenvalue weighted by molar-refractivity contribution is 9.10. The Bertz CT molecular complexity index is 569. The molecule has 2 atom stereocenters. The second-order valence-corrected chi connectivity index (χ2v) is 8.19. The molecule has 1 fully saturated rings. The Morgan fingerprint density at radius 3 is 2.68 bits per heavy atom. The Hall–Kier alpha value is -0.440. The van der Waals surface area contributed by atoms with Crippen molar-refractivity contribution in [1.29, 1.82) is 0 Å². The predicted molar refractivity (Wildman–Crippen MR) is 75.7 cm³/mol. The Balaban J connectivity index is 2.19. The average molecular weight is 368 g/mol. The third-order valence-electron chi connectivity index (χ3n) is 3.22. The maximum atomic E-state index is 12.2. The van der Waals surface area contributed by atoms with Crippen molar-refractivity contribution < 1.29 is 18.3 Å². The fourth-order valence-corrected chi connectivity index (χ4v) is 5.96. The van der Waals surface area contributed by atoms with E-state index in [1.807, 2.05) is 0 Å². The molecule has 0 aliphatic heterocycles. The third-order valence-corrected chi connectivity index (χ3v) is 7.38. The number of halogens is 1. The number of thiophene rings is 1. The number of nitrogens with one attached hydrogen (secondary N) is 1. The fourth-order valence-electron chi connectivity index (χ4n) is 2.29. The van der Waals surface area contributed by atoms with Gasteiger partial charge in [0, 0.05) is 10.5 Å². The van der Waals surface area contributed by atoms with Crippen molar-refractivity contribution in [2.24, 2.45) is 5.92 Å². The molecule has 1 aromatic rings. The maximum absolute atomic E-state index is 12.2. The van der Waals surface area contributed by atoms with Gasteiger partial charge in [-0.1, -0.05) is 12.8 Å². The first-order valence-corrected chi connectivity index (χ1v) is 9.05. The van der Waals surface area contributed by atoms with Crippen molar-refractivity contribution in [2.45, 2.75) is 35.9 Å². The van der Waals surface area contributed by atoms with E-state index in [0.717, 1.165) is 24.2 Å². The average Bonchev–Trinajstić information content (AvgIpc) is 2.76. The summed E-state index contributed by atoms with van der Waals surface area (Å²) in [4.78, 5) is 11.2. The van der Waals surface area contributed by atoms with Crippen molar-refractivity contribution >= 4 is 43.3 Å². The van der Waals surface area contributed by atoms with Crippen LogP contribution in [0.1, 0.15) is 25.7 Å². The highest BCUT2D eigenvalue weighted by atomic mass is 79.9. The molecule has 0 aromatic carbocycles. The van der Waals surface area contributed by atoms with Gasteiger partial charge in [0.15, 0.2) is 0 Å². The summed E-state index contributed by atoms with van der Waals surface area (Å²) in [5, 5.41) is 10.8. The molecule has 19 heavy (non-hydrogen) atoms. The van der Waals surface area contributed by atoms with Gasteiger partial charge in [-0.2, -0.15) is 0 Å². The summed E-state index contributed by atoms with van der Waals surface area (Å²) < 4.78 is 27.7. The molecule has 0 saturated heterocycles. The van der Waals surface area contributed by atoms with Crippen LogP contribution < -0.4 is 4.72 Å². The zero-order chi connectivity index (χ0) is 14.0. The monoisotopic (exact) mass is 367 g/mol. The molecule has 0 spiro atoms. The third kappa shape index (κ3) is 3.36. The van der Waals surface area contributed by atoms with E-state index in [2.05, 4.69) is 20.7 Å². The molecule has 0 radical (unpaired) electrons. The van der Waals surface area contributed by atoms with Crippen LogP contribution >= 0.6 is 27.3 Å². The molecule has 1 heterocycles. The summed E-state index contributed by atoms with van der Waals surface area (Å²) in [6.07, 6.45) is 2.77. The lowest BCUT2D eigenvalue weighted by Crippen LogP contribution is -2.44. The zero-order valence-electron chi connectivity index (χ0n) is 10.0. The van der Waals surface area contributed by atoms with Crippen LogP contribution in [0.15, 0.2) is 20.1 Å². The van der Waals surface area contributed by atoms with Gasteiger partial charge in [0.05, 0.1) is 5.92 Å². The molecule has 1 aliphatic carbocycles. The summed E-state index contributed by atoms with van der Waals surface area (Å²) in [5.74, 6) is -1.57. The molecule has 8 heteroatoms. The highest BCUT2D eigenvalue weighted by Gasteiger charge is 2.34. The van der Waals surface area contributed by atoms with Gasteiger partial charge in [0.25, 0.3) is 10.0 Å². The fraction of sp³-hybridized carbons (Fsp3) is 0.545. The number of carboxylic acid groups (broad SMARTS) is 1. The lowest BCUT2D eigenvalue weighted by molar-refractivity contribution is -0.143. The molecule has 1 aliphatic rings. The van der Waals surface area contributed by atoms with Crippen molar-refractivity contribution in [3.05, 3.63) is 15.9 Å². The van der Waals surface area contributed by atoms with Crippen LogP contribution in [-0.2, 0) is 14.8 Å². The number of aliphatic carboxylic acids is 1. The van der Waals surface area contributed by atoms with E-state index in [4.69, 9.17) is 5.11 Å². The van der Waals surface area contributed by atoms with Crippen LogP contribution in [0.3, 0.4) is 0 Å². The van der Waals surface area contributed by atoms with E-state index in [1.54, 1.807) is 11.4 Å². The molecule has 1 aromatic heterocycles. The van der Waals surface area contributed by atoms with Crippen LogP contribution in [0.2, 0.25) is 0 Å². The second kappa shape index (κ2) is 5.90. The summed E-state index contributed by atoms with van der Waals surface area (Å²) in [7, 11) is -3.66. The van der Waals surface area contributed by atoms with E-state index in [1.165, 1.54) is 0 Å². The molecule has 2 unspecified atom stereocenters. The first kappa shape index (κ1) is 15.0. The molecule has 1 saturated carbocycles. The van der Waals surface area contributed by atoms with Crippen LogP contribution in [0.4, 0.5) is 0 Å². The maximum Gasteiger partial charge on any atom is 0.308 e. The van der Waals surface area contributed by atoms with Gasteiger partial charge >= 0.3 is 5.97 Å². The molecular weight excluding hydrogens is 354 g/mol. The van der Waals surface area contributed by atoms with Crippen molar-refractivity contribution in [3.8, 4) is 0 Å². The van der Waals surface area contributed by atoms with E-state index in [0.29, 0.717) is 17.3 Å². The van der Waals surface area contributed by atoms with E-state index < -0.39 is 28.0 Å². The van der Waals surface area contributed by atoms with Crippen molar-refractivity contribution in [1.82, 2.24) is 4.72 Å². The van der Waals surface area contributed by atoms with Gasteiger partial charge in [-0.15, -0.1) is 11.3 Å². The van der Waals surface area contributed by atoms with Gasteiger partial charge in [-0.25, -0.2) is 13.1 Å². The predicted octanol–water partition coefficient (Wildman–Crippen LogP) is 2.43. The normalized spacial score (nSPS) is 24.3. The first-order chi connectivity index (χ1) is 8.92. The van der Waals surface area contributed by atoms with Gasteiger partial charge in [0.2, 0.25) is 0 Å². The van der Waals surface area contributed by atoms with Crippen molar-refractivity contribution in [3.63, 3.8) is 0 Å². The first-order valence-electron chi connectivity index (χ1n) is 5.90. The summed E-state index contributed by atoms with van der Waals surface area (Å²) >= 11 is 4.30. The molecule has 106 valence electrons. The van der Waals surface area contributed by atoms with Gasteiger partial charge < -0.3 is 5.11 Å². The molecule has 0 bridgehead atoms. The Morgan fingerprint density at radius 2 is 2.11 bits per heavy atom. The van der Waals surface area contributed by atoms with E-state index in [-0.39, 0.29) is 4.21 Å². The van der Waals surface area contributed by atoms with Gasteiger partial charge in [0.1, 0.15) is 4.21 Å². The van der Waals surface area contributed by atoms with Gasteiger partial charge in [-0.05, 0) is 40.2 Å². The number of carboxylic acids is 1. The van der Waals surface area contributed by atoms with Crippen LogP contribution in [-0.4, -0.2) is 25.5 Å². The quantitative estimate of drug-likeness (QED) is 0.855. The number of sulfonamides is 1. The largest absolute Gasteiger partial charge is 0.481 e. The molecule has 0 amide bonds. The van der Waals surface area contributed by atoms with Crippen LogP contribution in [0.5, 0.6) is 0 Å². The Morgan fingerprint density at radius 1 is 1.42 bits per heavy atom. The van der Waals surface area contributed by atoms with Crippen molar-refractivity contribution in [2.75, 3.05) is 0 Å². The zero-order valence-corrected chi connectivity index (χ0v) is 13.2. The van der Waals surface area contributed by atoms with Crippen LogP contribution in [0, 0.1) is 5.92 Å². The summed E-state index contributed by atoms with van der Waals surface area (Å²) in [6, 6.07) is 1.14. The van der Waals surface area contributed by atoms with Gasteiger partial charge in [-0.3, -0.25) is 4.79 Å². The minimum atomic E-state index is -3.66. The molecule has 5 nitrogen and oxygen atoms in total. The summed E-state index contributed by atoms with van der Waals surface area (Å²) in [6.45, 7) is 0. The van der Waals surface area contributed by atoms with E-state index in [9.17, 15) is 13.2 Å². The smallest absolute Gasteiger partial charge is 0.308 e. The minimum Gasteiger partial charge on any atom is -0.481 e. The standard InChI is InChI=1S/C11H14BrNO4S2/c12-8-5-6-18-11(8)19(16,17)13-9-4-2-1-3-7(9)10(14)15/h5-7,9,13H,1-4H2,(H,14,15). The number of hydrogen-bond acceptors (Lipinski definition) is 4.